The fourth-order valence-electron chi connectivity index (χ4n) is 4.26. The Morgan fingerprint density at radius 3 is 2.52 bits per heavy atom. The minimum Gasteiger partial charge on any atom is -0.462 e. The van der Waals surface area contributed by atoms with E-state index in [1.165, 1.54) is 28.3 Å². The van der Waals surface area contributed by atoms with Gasteiger partial charge in [-0.25, -0.2) is 9.18 Å². The van der Waals surface area contributed by atoms with Gasteiger partial charge in [0.15, 0.2) is 0 Å². The van der Waals surface area contributed by atoms with Gasteiger partial charge in [0.2, 0.25) is 5.91 Å². The number of carbonyl (C=O) groups is 2. The molecule has 2 aliphatic rings. The van der Waals surface area contributed by atoms with E-state index < -0.39 is 0 Å². The lowest BCUT2D eigenvalue weighted by Gasteiger charge is -2.35. The van der Waals surface area contributed by atoms with Crippen LogP contribution in [0.25, 0.3) is 0 Å². The van der Waals surface area contributed by atoms with Crippen LogP contribution in [0.1, 0.15) is 40.6 Å². The molecule has 6 nitrogen and oxygen atoms in total. The molecule has 1 aromatic carbocycles. The Hall–Kier alpha value is -2.45. The third kappa shape index (κ3) is 5.07. The number of hydrogen-bond acceptors (Lipinski definition) is 6. The van der Waals surface area contributed by atoms with Crippen molar-refractivity contribution in [3.05, 3.63) is 46.1 Å². The highest BCUT2D eigenvalue weighted by atomic mass is 32.1. The Morgan fingerprint density at radius 2 is 1.81 bits per heavy atom. The molecule has 8 heteroatoms. The van der Waals surface area contributed by atoms with Crippen LogP contribution in [0.2, 0.25) is 0 Å². The van der Waals surface area contributed by atoms with Gasteiger partial charge < -0.3 is 15.0 Å². The topological polar surface area (TPSA) is 61.9 Å². The lowest BCUT2D eigenvalue weighted by atomic mass is 9.95. The largest absolute Gasteiger partial charge is 0.462 e. The van der Waals surface area contributed by atoms with Crippen molar-refractivity contribution in [1.82, 2.24) is 4.90 Å². The van der Waals surface area contributed by atoms with Crippen molar-refractivity contribution in [3.8, 4) is 0 Å². The molecule has 1 aliphatic carbocycles. The number of rotatable bonds is 6. The second-order valence-electron chi connectivity index (χ2n) is 7.92. The third-order valence-corrected chi connectivity index (χ3v) is 7.04. The molecule has 166 valence electrons. The van der Waals surface area contributed by atoms with Crippen molar-refractivity contribution in [2.24, 2.45) is 0 Å². The fourth-order valence-corrected chi connectivity index (χ4v) is 5.55. The summed E-state index contributed by atoms with van der Waals surface area (Å²) in [6, 6.07) is 6.51. The molecule has 1 aromatic heterocycles. The number of benzene rings is 1. The van der Waals surface area contributed by atoms with Gasteiger partial charge in [-0.2, -0.15) is 0 Å². The zero-order valence-corrected chi connectivity index (χ0v) is 18.6. The molecule has 0 radical (unpaired) electrons. The van der Waals surface area contributed by atoms with Gasteiger partial charge in [-0.3, -0.25) is 9.69 Å². The third-order valence-electron chi connectivity index (χ3n) is 5.84. The molecule has 31 heavy (non-hydrogen) atoms. The summed E-state index contributed by atoms with van der Waals surface area (Å²) in [4.78, 5) is 30.8. The van der Waals surface area contributed by atoms with Crippen LogP contribution >= 0.6 is 11.3 Å². The second kappa shape index (κ2) is 9.78. The molecule has 1 saturated heterocycles. The first-order chi connectivity index (χ1) is 15.0. The van der Waals surface area contributed by atoms with Gasteiger partial charge in [0.25, 0.3) is 0 Å². The molecule has 4 rings (SSSR count). The molecule has 0 bridgehead atoms. The van der Waals surface area contributed by atoms with E-state index in [0.717, 1.165) is 63.1 Å². The van der Waals surface area contributed by atoms with Crippen molar-refractivity contribution in [2.75, 3.05) is 49.5 Å². The quantitative estimate of drug-likeness (QED) is 0.687. The average molecular weight is 446 g/mol. The van der Waals surface area contributed by atoms with E-state index in [1.807, 2.05) is 0 Å². The second-order valence-corrected chi connectivity index (χ2v) is 9.03. The normalized spacial score (nSPS) is 16.6. The molecular formula is C23H28FN3O3S. The van der Waals surface area contributed by atoms with Crippen molar-refractivity contribution in [1.29, 1.82) is 0 Å². The molecule has 1 aliphatic heterocycles. The number of carbonyl (C=O) groups excluding carboxylic acids is 2. The Morgan fingerprint density at radius 1 is 1.10 bits per heavy atom. The minimum atomic E-state index is -0.342. The molecule has 0 unspecified atom stereocenters. The minimum absolute atomic E-state index is 0.112. The van der Waals surface area contributed by atoms with Gasteiger partial charge in [-0.15, -0.1) is 11.3 Å². The number of esters is 1. The van der Waals surface area contributed by atoms with E-state index in [-0.39, 0.29) is 24.2 Å². The van der Waals surface area contributed by atoms with Crippen LogP contribution in [0, 0.1) is 5.82 Å². The van der Waals surface area contributed by atoms with Crippen molar-refractivity contribution >= 4 is 33.9 Å². The van der Waals surface area contributed by atoms with Crippen LogP contribution < -0.4 is 10.2 Å². The highest BCUT2D eigenvalue weighted by molar-refractivity contribution is 7.17. The van der Waals surface area contributed by atoms with Crippen molar-refractivity contribution < 1.29 is 18.7 Å². The Kier molecular flexibility index (Phi) is 6.87. The number of anilines is 2. The van der Waals surface area contributed by atoms with Crippen LogP contribution in [0.3, 0.4) is 0 Å². The molecule has 2 heterocycles. The highest BCUT2D eigenvalue weighted by Gasteiger charge is 2.28. The zero-order chi connectivity index (χ0) is 21.8. The average Bonchev–Trinajstić information content (AvgIpc) is 3.12. The highest BCUT2D eigenvalue weighted by Crippen LogP contribution is 2.38. The summed E-state index contributed by atoms with van der Waals surface area (Å²) in [5.74, 6) is -0.694. The van der Waals surface area contributed by atoms with Gasteiger partial charge in [0, 0.05) is 36.7 Å². The van der Waals surface area contributed by atoms with Crippen LogP contribution in [0.15, 0.2) is 24.3 Å². The van der Waals surface area contributed by atoms with E-state index in [2.05, 4.69) is 15.1 Å². The molecular weight excluding hydrogens is 417 g/mol. The van der Waals surface area contributed by atoms with Crippen LogP contribution in [0.5, 0.6) is 0 Å². The number of thiophene rings is 1. The number of aryl methyl sites for hydroxylation is 1. The van der Waals surface area contributed by atoms with Crippen molar-refractivity contribution in [2.45, 2.75) is 32.6 Å². The van der Waals surface area contributed by atoms with Crippen LogP contribution in [-0.2, 0) is 22.4 Å². The first-order valence-corrected chi connectivity index (χ1v) is 11.7. The molecule has 0 saturated carbocycles. The van der Waals surface area contributed by atoms with E-state index in [9.17, 15) is 14.0 Å². The number of halogens is 1. The van der Waals surface area contributed by atoms with Gasteiger partial charge in [0.1, 0.15) is 10.8 Å². The first-order valence-electron chi connectivity index (χ1n) is 10.9. The smallest absolute Gasteiger partial charge is 0.341 e. The monoisotopic (exact) mass is 445 g/mol. The Bertz CT molecular complexity index is 936. The SMILES string of the molecule is CCOC(=O)c1c(NC(=O)CN2CCN(c3ccc(F)cc3)CC2)sc2c1CCCC2. The Balaban J connectivity index is 1.36. The van der Waals surface area contributed by atoms with Crippen molar-refractivity contribution in [3.63, 3.8) is 0 Å². The van der Waals surface area contributed by atoms with E-state index in [0.29, 0.717) is 17.2 Å². The molecule has 1 N–H and O–H groups in total. The van der Waals surface area contributed by atoms with Gasteiger partial charge >= 0.3 is 5.97 Å². The molecule has 0 atom stereocenters. The summed E-state index contributed by atoms with van der Waals surface area (Å²) in [5, 5.41) is 3.61. The lowest BCUT2D eigenvalue weighted by Crippen LogP contribution is -2.48. The zero-order valence-electron chi connectivity index (χ0n) is 17.8. The predicted molar refractivity (Wildman–Crippen MR) is 121 cm³/mol. The summed E-state index contributed by atoms with van der Waals surface area (Å²) in [5.41, 5.74) is 2.60. The fraction of sp³-hybridized carbons (Fsp3) is 0.478. The van der Waals surface area contributed by atoms with Gasteiger partial charge in [-0.1, -0.05) is 0 Å². The van der Waals surface area contributed by atoms with Gasteiger partial charge in [-0.05, 0) is 62.4 Å². The molecule has 1 amide bonds. The molecule has 0 spiro atoms. The summed E-state index contributed by atoms with van der Waals surface area (Å²) >= 11 is 1.52. The number of nitrogens with zero attached hydrogens (tertiary/aromatic N) is 2. The number of fused-ring (bicyclic) bond motifs is 1. The van der Waals surface area contributed by atoms with Crippen LogP contribution in [0.4, 0.5) is 15.1 Å². The van der Waals surface area contributed by atoms with Crippen LogP contribution in [-0.4, -0.2) is 56.1 Å². The number of nitrogens with one attached hydrogen (secondary N) is 1. The number of ether oxygens (including phenoxy) is 1. The molecule has 1 fully saturated rings. The summed E-state index contributed by atoms with van der Waals surface area (Å²) in [7, 11) is 0. The summed E-state index contributed by atoms with van der Waals surface area (Å²) < 4.78 is 18.4. The maximum atomic E-state index is 13.1. The maximum absolute atomic E-state index is 13.1. The van der Waals surface area contributed by atoms with Gasteiger partial charge in [0.05, 0.1) is 18.7 Å². The maximum Gasteiger partial charge on any atom is 0.341 e. The number of hydrogen-bond donors (Lipinski definition) is 1. The van der Waals surface area contributed by atoms with E-state index >= 15 is 0 Å². The standard InChI is InChI=1S/C23H28FN3O3S/c1-2-30-23(29)21-18-5-3-4-6-19(18)31-22(21)25-20(28)15-26-11-13-27(14-12-26)17-9-7-16(24)8-10-17/h7-10H,2-6,11-15H2,1H3,(H,25,28). The van der Waals surface area contributed by atoms with E-state index in [4.69, 9.17) is 4.74 Å². The molecule has 2 aromatic rings. The summed E-state index contributed by atoms with van der Waals surface area (Å²) in [6.45, 7) is 5.44. The lowest BCUT2D eigenvalue weighted by molar-refractivity contribution is -0.117. The number of amides is 1. The van der Waals surface area contributed by atoms with E-state index in [1.54, 1.807) is 19.1 Å². The first kappa shape index (κ1) is 21.8. The number of piperazine rings is 1. The summed E-state index contributed by atoms with van der Waals surface area (Å²) in [6.07, 6.45) is 3.98. The Labute approximate surface area is 186 Å². The predicted octanol–water partition coefficient (Wildman–Crippen LogP) is 3.70.